The number of carbonyl (C=O) groups is 1. The van der Waals surface area contributed by atoms with Gasteiger partial charge in [0.05, 0.1) is 0 Å². The summed E-state index contributed by atoms with van der Waals surface area (Å²) < 4.78 is 0. The molecule has 2 aliphatic carbocycles. The smallest absolute Gasteiger partial charge is 0.133 e. The summed E-state index contributed by atoms with van der Waals surface area (Å²) in [7, 11) is 0. The highest BCUT2D eigenvalue weighted by atomic mass is 16.1. The first-order chi connectivity index (χ1) is 6.86. The number of rotatable bonds is 1. The van der Waals surface area contributed by atoms with E-state index in [0.29, 0.717) is 5.78 Å². The van der Waals surface area contributed by atoms with Crippen molar-refractivity contribution < 1.29 is 4.79 Å². The summed E-state index contributed by atoms with van der Waals surface area (Å²) in [5.41, 5.74) is 0. The van der Waals surface area contributed by atoms with Crippen LogP contribution in [0.5, 0.6) is 0 Å². The Labute approximate surface area is 87.3 Å². The van der Waals surface area contributed by atoms with Gasteiger partial charge in [-0.1, -0.05) is 38.5 Å². The molecule has 1 heteroatoms. The maximum absolute atomic E-state index is 11.5. The van der Waals surface area contributed by atoms with E-state index in [2.05, 4.69) is 0 Å². The molecule has 2 rings (SSSR count). The molecule has 0 bridgehead atoms. The van der Waals surface area contributed by atoms with Crippen LogP contribution in [-0.4, -0.2) is 5.78 Å². The number of carbonyl (C=O) groups excluding carboxylic acids is 1. The molecule has 0 amide bonds. The molecule has 1 atom stereocenters. The number of Topliss-reactive ketones (excluding diaryl/α,β-unsaturated/α-hetero) is 1. The number of hydrogen-bond donors (Lipinski definition) is 0. The zero-order valence-corrected chi connectivity index (χ0v) is 9.13. The SMILES string of the molecule is O=C1CCCC[C@@H](C2CCCCC2)C1. The molecule has 0 radical (unpaired) electrons. The molecule has 0 unspecified atom stereocenters. The molecule has 0 saturated heterocycles. The van der Waals surface area contributed by atoms with E-state index < -0.39 is 0 Å². The van der Waals surface area contributed by atoms with Crippen molar-refractivity contribution in [1.82, 2.24) is 0 Å². The van der Waals surface area contributed by atoms with Gasteiger partial charge in [-0.3, -0.25) is 4.79 Å². The minimum Gasteiger partial charge on any atom is -0.300 e. The summed E-state index contributed by atoms with van der Waals surface area (Å²) in [6.45, 7) is 0. The van der Waals surface area contributed by atoms with E-state index in [1.54, 1.807) is 0 Å². The van der Waals surface area contributed by atoms with Crippen LogP contribution in [0.2, 0.25) is 0 Å². The van der Waals surface area contributed by atoms with Crippen LogP contribution in [0.1, 0.15) is 64.2 Å². The molecule has 0 N–H and O–H groups in total. The largest absolute Gasteiger partial charge is 0.300 e. The highest BCUT2D eigenvalue weighted by molar-refractivity contribution is 5.78. The molecule has 0 aliphatic heterocycles. The van der Waals surface area contributed by atoms with Gasteiger partial charge in [0.15, 0.2) is 0 Å². The second-order valence-electron chi connectivity index (χ2n) is 5.15. The topological polar surface area (TPSA) is 17.1 Å². The first kappa shape index (κ1) is 10.2. The Morgan fingerprint density at radius 1 is 0.786 bits per heavy atom. The Morgan fingerprint density at radius 2 is 1.43 bits per heavy atom. The third kappa shape index (κ3) is 2.59. The molecule has 0 aromatic carbocycles. The third-order valence-corrected chi connectivity index (χ3v) is 4.09. The van der Waals surface area contributed by atoms with E-state index >= 15 is 0 Å². The van der Waals surface area contributed by atoms with Gasteiger partial charge in [0.2, 0.25) is 0 Å². The fraction of sp³-hybridized carbons (Fsp3) is 0.923. The first-order valence-corrected chi connectivity index (χ1v) is 6.38. The van der Waals surface area contributed by atoms with Gasteiger partial charge in [-0.15, -0.1) is 0 Å². The molecule has 0 aromatic rings. The molecule has 80 valence electrons. The number of hydrogen-bond acceptors (Lipinski definition) is 1. The Hall–Kier alpha value is -0.330. The normalized spacial score (nSPS) is 31.4. The summed E-state index contributed by atoms with van der Waals surface area (Å²) in [4.78, 5) is 11.5. The van der Waals surface area contributed by atoms with E-state index in [-0.39, 0.29) is 0 Å². The van der Waals surface area contributed by atoms with Crippen LogP contribution < -0.4 is 0 Å². The van der Waals surface area contributed by atoms with Crippen LogP contribution in [-0.2, 0) is 4.79 Å². The van der Waals surface area contributed by atoms with Gasteiger partial charge in [0.25, 0.3) is 0 Å². The van der Waals surface area contributed by atoms with Crippen molar-refractivity contribution in [1.29, 1.82) is 0 Å². The molecular weight excluding hydrogens is 172 g/mol. The van der Waals surface area contributed by atoms with Gasteiger partial charge in [-0.2, -0.15) is 0 Å². The maximum Gasteiger partial charge on any atom is 0.133 e. The summed E-state index contributed by atoms with van der Waals surface area (Å²) in [6.07, 6.45) is 12.6. The molecule has 0 spiro atoms. The standard InChI is InChI=1S/C13H22O/c14-13-9-5-4-8-12(10-13)11-6-2-1-3-7-11/h11-12H,1-10H2/t12-/m1/s1. The lowest BCUT2D eigenvalue weighted by atomic mass is 9.77. The van der Waals surface area contributed by atoms with Crippen LogP contribution in [0.25, 0.3) is 0 Å². The average molecular weight is 194 g/mol. The van der Waals surface area contributed by atoms with Gasteiger partial charge >= 0.3 is 0 Å². The maximum atomic E-state index is 11.5. The summed E-state index contributed by atoms with van der Waals surface area (Å²) in [6, 6.07) is 0. The fourth-order valence-corrected chi connectivity index (χ4v) is 3.23. The van der Waals surface area contributed by atoms with Gasteiger partial charge in [0, 0.05) is 12.8 Å². The zero-order valence-electron chi connectivity index (χ0n) is 9.13. The van der Waals surface area contributed by atoms with Crippen LogP contribution >= 0.6 is 0 Å². The predicted octanol–water partition coefficient (Wildman–Crippen LogP) is 3.72. The van der Waals surface area contributed by atoms with Gasteiger partial charge < -0.3 is 0 Å². The Kier molecular flexibility index (Phi) is 3.61. The van der Waals surface area contributed by atoms with E-state index in [9.17, 15) is 4.79 Å². The molecule has 0 aromatic heterocycles. The second kappa shape index (κ2) is 4.95. The zero-order chi connectivity index (χ0) is 9.80. The van der Waals surface area contributed by atoms with E-state index in [1.807, 2.05) is 0 Å². The van der Waals surface area contributed by atoms with E-state index in [0.717, 1.165) is 31.1 Å². The molecule has 2 saturated carbocycles. The quantitative estimate of drug-likeness (QED) is 0.581. The molecule has 2 aliphatic rings. The summed E-state index contributed by atoms with van der Waals surface area (Å²) in [5, 5.41) is 0. The molecule has 1 nitrogen and oxygen atoms in total. The van der Waals surface area contributed by atoms with Crippen molar-refractivity contribution in [2.45, 2.75) is 64.2 Å². The lowest BCUT2D eigenvalue weighted by Gasteiger charge is -2.29. The van der Waals surface area contributed by atoms with Crippen LogP contribution in [0, 0.1) is 11.8 Å². The predicted molar refractivity (Wildman–Crippen MR) is 58.2 cm³/mol. The Morgan fingerprint density at radius 3 is 2.21 bits per heavy atom. The van der Waals surface area contributed by atoms with Gasteiger partial charge in [0.1, 0.15) is 5.78 Å². The van der Waals surface area contributed by atoms with Crippen LogP contribution in [0.15, 0.2) is 0 Å². The van der Waals surface area contributed by atoms with Gasteiger partial charge in [-0.25, -0.2) is 0 Å². The molecule has 0 heterocycles. The molecular formula is C13H22O. The monoisotopic (exact) mass is 194 g/mol. The minimum atomic E-state index is 0.540. The second-order valence-corrected chi connectivity index (χ2v) is 5.15. The third-order valence-electron chi connectivity index (χ3n) is 4.09. The summed E-state index contributed by atoms with van der Waals surface area (Å²) >= 11 is 0. The van der Waals surface area contributed by atoms with Crippen molar-refractivity contribution in [3.8, 4) is 0 Å². The highest BCUT2D eigenvalue weighted by Crippen LogP contribution is 2.36. The van der Waals surface area contributed by atoms with Crippen LogP contribution in [0.4, 0.5) is 0 Å². The average Bonchev–Trinajstić information content (AvgIpc) is 2.44. The summed E-state index contributed by atoms with van der Waals surface area (Å²) in [5.74, 6) is 2.19. The van der Waals surface area contributed by atoms with E-state index in [4.69, 9.17) is 0 Å². The van der Waals surface area contributed by atoms with Crippen molar-refractivity contribution in [2.24, 2.45) is 11.8 Å². The van der Waals surface area contributed by atoms with Gasteiger partial charge in [-0.05, 0) is 24.7 Å². The number of ketones is 1. The minimum absolute atomic E-state index is 0.540. The molecule has 2 fully saturated rings. The van der Waals surface area contributed by atoms with E-state index in [1.165, 1.54) is 44.9 Å². The van der Waals surface area contributed by atoms with Crippen LogP contribution in [0.3, 0.4) is 0 Å². The Balaban J connectivity index is 1.90. The van der Waals surface area contributed by atoms with Crippen molar-refractivity contribution in [3.63, 3.8) is 0 Å². The fourth-order valence-electron chi connectivity index (χ4n) is 3.23. The first-order valence-electron chi connectivity index (χ1n) is 6.38. The van der Waals surface area contributed by atoms with Crippen molar-refractivity contribution in [3.05, 3.63) is 0 Å². The highest BCUT2D eigenvalue weighted by Gasteiger charge is 2.26. The lowest BCUT2D eigenvalue weighted by Crippen LogP contribution is -2.19. The Bertz CT molecular complexity index is 191. The lowest BCUT2D eigenvalue weighted by molar-refractivity contribution is -0.120. The van der Waals surface area contributed by atoms with Crippen molar-refractivity contribution >= 4 is 5.78 Å². The molecule has 14 heavy (non-hydrogen) atoms. The van der Waals surface area contributed by atoms with Crippen molar-refractivity contribution in [2.75, 3.05) is 0 Å².